The molecule has 0 radical (unpaired) electrons. The van der Waals surface area contributed by atoms with E-state index in [-0.39, 0.29) is 6.42 Å². The van der Waals surface area contributed by atoms with Crippen molar-refractivity contribution in [2.75, 3.05) is 0 Å². The van der Waals surface area contributed by atoms with Gasteiger partial charge in [-0.15, -0.1) is 0 Å². The van der Waals surface area contributed by atoms with Gasteiger partial charge in [-0.2, -0.15) is 0 Å². The average molecular weight is 353 g/mol. The lowest BCUT2D eigenvalue weighted by Crippen LogP contribution is -2.42. The van der Waals surface area contributed by atoms with Crippen LogP contribution in [0.2, 0.25) is 0 Å². The van der Waals surface area contributed by atoms with Crippen molar-refractivity contribution in [2.45, 2.75) is 12.5 Å². The highest BCUT2D eigenvalue weighted by Crippen LogP contribution is 2.16. The molecule has 0 saturated carbocycles. The third-order valence-corrected chi connectivity index (χ3v) is 3.91. The summed E-state index contributed by atoms with van der Waals surface area (Å²) in [4.78, 5) is 30.7. The number of nitrogens with one attached hydrogen (secondary N) is 2. The number of amides is 1. The van der Waals surface area contributed by atoms with Crippen LogP contribution >= 0.6 is 0 Å². The van der Waals surface area contributed by atoms with Gasteiger partial charge in [0.25, 0.3) is 5.91 Å². The number of nitrogens with zero attached hydrogens (tertiary/aromatic N) is 1. The van der Waals surface area contributed by atoms with Crippen LogP contribution in [0.3, 0.4) is 0 Å². The number of halogens is 1. The Kier molecular flexibility index (Phi) is 5.07. The molecule has 1 heterocycles. The molecule has 1 atom stereocenters. The SMILES string of the molecule is O=C(N[C@@H](Cc1ccc(F)cc1)C(=O)O)c1ccc(-c2cnc[nH]2)cc1. The summed E-state index contributed by atoms with van der Waals surface area (Å²) in [6, 6.07) is 11.1. The Labute approximate surface area is 148 Å². The minimum atomic E-state index is -1.16. The maximum Gasteiger partial charge on any atom is 0.326 e. The van der Waals surface area contributed by atoms with Crippen LogP contribution < -0.4 is 5.32 Å². The number of rotatable bonds is 6. The molecule has 0 fully saturated rings. The molecule has 132 valence electrons. The van der Waals surface area contributed by atoms with Gasteiger partial charge < -0.3 is 15.4 Å². The van der Waals surface area contributed by atoms with E-state index in [0.717, 1.165) is 11.3 Å². The minimum absolute atomic E-state index is 0.0631. The lowest BCUT2D eigenvalue weighted by molar-refractivity contribution is -0.139. The number of carbonyl (C=O) groups is 2. The quantitative estimate of drug-likeness (QED) is 0.635. The van der Waals surface area contributed by atoms with Crippen molar-refractivity contribution in [1.82, 2.24) is 15.3 Å². The van der Waals surface area contributed by atoms with Crippen LogP contribution in [0.4, 0.5) is 4.39 Å². The summed E-state index contributed by atoms with van der Waals surface area (Å²) in [5.74, 6) is -2.05. The number of H-pyrrole nitrogens is 1. The van der Waals surface area contributed by atoms with Crippen LogP contribution in [0.25, 0.3) is 11.3 Å². The summed E-state index contributed by atoms with van der Waals surface area (Å²) in [5.41, 5.74) is 2.64. The first-order chi connectivity index (χ1) is 12.5. The Morgan fingerprint density at radius 1 is 1.12 bits per heavy atom. The Bertz CT molecular complexity index is 891. The zero-order chi connectivity index (χ0) is 18.5. The summed E-state index contributed by atoms with van der Waals surface area (Å²) in [6.07, 6.45) is 3.29. The number of carboxylic acid groups (broad SMARTS) is 1. The van der Waals surface area contributed by atoms with Gasteiger partial charge in [-0.1, -0.05) is 24.3 Å². The number of benzene rings is 2. The van der Waals surface area contributed by atoms with E-state index in [9.17, 15) is 19.1 Å². The van der Waals surface area contributed by atoms with E-state index >= 15 is 0 Å². The first-order valence-corrected chi connectivity index (χ1v) is 7.90. The van der Waals surface area contributed by atoms with E-state index in [0.29, 0.717) is 11.1 Å². The molecule has 3 rings (SSSR count). The summed E-state index contributed by atoms with van der Waals surface area (Å²) in [5, 5.41) is 11.9. The highest BCUT2D eigenvalue weighted by atomic mass is 19.1. The Morgan fingerprint density at radius 3 is 2.38 bits per heavy atom. The fourth-order valence-electron chi connectivity index (χ4n) is 2.51. The van der Waals surface area contributed by atoms with Crippen LogP contribution in [0, 0.1) is 5.82 Å². The maximum atomic E-state index is 13.0. The second kappa shape index (κ2) is 7.60. The monoisotopic (exact) mass is 353 g/mol. The zero-order valence-electron chi connectivity index (χ0n) is 13.6. The summed E-state index contributed by atoms with van der Waals surface area (Å²) in [6.45, 7) is 0. The number of carbonyl (C=O) groups excluding carboxylic acids is 1. The molecule has 26 heavy (non-hydrogen) atoms. The molecule has 3 aromatic rings. The second-order valence-electron chi connectivity index (χ2n) is 5.74. The molecular formula is C19H16FN3O3. The number of aromatic amines is 1. The molecule has 0 aliphatic rings. The van der Waals surface area contributed by atoms with Crippen LogP contribution in [0.15, 0.2) is 61.1 Å². The van der Waals surface area contributed by atoms with Crippen molar-refractivity contribution in [1.29, 1.82) is 0 Å². The Hall–Kier alpha value is -3.48. The Morgan fingerprint density at radius 2 is 1.81 bits per heavy atom. The number of imidazole rings is 1. The predicted octanol–water partition coefficient (Wildman–Crippen LogP) is 2.64. The summed E-state index contributed by atoms with van der Waals surface area (Å²) in [7, 11) is 0. The van der Waals surface area contributed by atoms with E-state index in [4.69, 9.17) is 0 Å². The number of hydrogen-bond donors (Lipinski definition) is 3. The largest absolute Gasteiger partial charge is 0.480 e. The first-order valence-electron chi connectivity index (χ1n) is 7.90. The standard InChI is InChI=1S/C19H16FN3O3/c20-15-7-1-12(2-8-15)9-16(19(25)26)23-18(24)14-5-3-13(4-6-14)17-10-21-11-22-17/h1-8,10-11,16H,9H2,(H,21,22)(H,23,24)(H,25,26)/t16-/m0/s1. The van der Waals surface area contributed by atoms with Gasteiger partial charge in [-0.25, -0.2) is 14.2 Å². The van der Waals surface area contributed by atoms with Gasteiger partial charge in [0, 0.05) is 12.0 Å². The maximum absolute atomic E-state index is 13.0. The molecule has 1 aromatic heterocycles. The molecule has 0 unspecified atom stereocenters. The molecule has 3 N–H and O–H groups in total. The normalized spacial score (nSPS) is 11.7. The van der Waals surface area contributed by atoms with Gasteiger partial charge in [0.05, 0.1) is 18.2 Å². The van der Waals surface area contributed by atoms with Gasteiger partial charge in [0.1, 0.15) is 11.9 Å². The highest BCUT2D eigenvalue weighted by molar-refractivity contribution is 5.97. The van der Waals surface area contributed by atoms with Crippen LogP contribution in [-0.2, 0) is 11.2 Å². The van der Waals surface area contributed by atoms with Gasteiger partial charge in [0.15, 0.2) is 0 Å². The van der Waals surface area contributed by atoms with E-state index in [1.165, 1.54) is 24.3 Å². The van der Waals surface area contributed by atoms with Crippen molar-refractivity contribution in [3.05, 3.63) is 78.0 Å². The van der Waals surface area contributed by atoms with E-state index < -0.39 is 23.7 Å². The molecule has 7 heteroatoms. The lowest BCUT2D eigenvalue weighted by Gasteiger charge is -2.15. The number of aromatic nitrogens is 2. The van der Waals surface area contributed by atoms with Crippen molar-refractivity contribution in [3.8, 4) is 11.3 Å². The van der Waals surface area contributed by atoms with E-state index in [2.05, 4.69) is 15.3 Å². The van der Waals surface area contributed by atoms with Crippen molar-refractivity contribution in [3.63, 3.8) is 0 Å². The zero-order valence-corrected chi connectivity index (χ0v) is 13.6. The van der Waals surface area contributed by atoms with Crippen LogP contribution in [0.5, 0.6) is 0 Å². The van der Waals surface area contributed by atoms with E-state index in [1.807, 2.05) is 0 Å². The molecule has 6 nitrogen and oxygen atoms in total. The highest BCUT2D eigenvalue weighted by Gasteiger charge is 2.21. The topological polar surface area (TPSA) is 95.1 Å². The number of carboxylic acids is 1. The summed E-state index contributed by atoms with van der Waals surface area (Å²) < 4.78 is 13.0. The van der Waals surface area contributed by atoms with Crippen LogP contribution in [0.1, 0.15) is 15.9 Å². The van der Waals surface area contributed by atoms with Crippen LogP contribution in [-0.4, -0.2) is 33.0 Å². The molecule has 0 aliphatic carbocycles. The molecule has 0 aliphatic heterocycles. The fourth-order valence-corrected chi connectivity index (χ4v) is 2.51. The molecule has 1 amide bonds. The van der Waals surface area contributed by atoms with Gasteiger partial charge >= 0.3 is 5.97 Å². The predicted molar refractivity (Wildman–Crippen MR) is 93.0 cm³/mol. The van der Waals surface area contributed by atoms with E-state index in [1.54, 1.807) is 36.8 Å². The van der Waals surface area contributed by atoms with Crippen molar-refractivity contribution < 1.29 is 19.1 Å². The van der Waals surface area contributed by atoms with Gasteiger partial charge in [0.2, 0.25) is 0 Å². The number of aliphatic carboxylic acids is 1. The van der Waals surface area contributed by atoms with Crippen molar-refractivity contribution in [2.24, 2.45) is 0 Å². The third-order valence-electron chi connectivity index (χ3n) is 3.91. The molecule has 2 aromatic carbocycles. The average Bonchev–Trinajstić information content (AvgIpc) is 3.17. The molecule has 0 bridgehead atoms. The van der Waals surface area contributed by atoms with Crippen molar-refractivity contribution >= 4 is 11.9 Å². The molecule has 0 spiro atoms. The minimum Gasteiger partial charge on any atom is -0.480 e. The molecular weight excluding hydrogens is 337 g/mol. The van der Waals surface area contributed by atoms with Gasteiger partial charge in [-0.3, -0.25) is 4.79 Å². The second-order valence-corrected chi connectivity index (χ2v) is 5.74. The summed E-state index contributed by atoms with van der Waals surface area (Å²) >= 11 is 0. The molecule has 0 saturated heterocycles. The van der Waals surface area contributed by atoms with Gasteiger partial charge in [-0.05, 0) is 35.4 Å². The smallest absolute Gasteiger partial charge is 0.326 e. The fraction of sp³-hybridized carbons (Fsp3) is 0.105. The Balaban J connectivity index is 1.69. The lowest BCUT2D eigenvalue weighted by atomic mass is 10.0. The first kappa shape index (κ1) is 17.3. The third kappa shape index (κ3) is 4.13. The number of hydrogen-bond acceptors (Lipinski definition) is 3.